The van der Waals surface area contributed by atoms with Crippen molar-refractivity contribution in [3.63, 3.8) is 0 Å². The van der Waals surface area contributed by atoms with Crippen LogP contribution in [0.15, 0.2) is 47.8 Å². The van der Waals surface area contributed by atoms with Crippen LogP contribution in [-0.4, -0.2) is 18.5 Å². The van der Waals surface area contributed by atoms with E-state index in [0.29, 0.717) is 11.6 Å². The average molecular weight is 405 g/mol. The molecule has 0 spiro atoms. The molecule has 28 heavy (non-hydrogen) atoms. The van der Waals surface area contributed by atoms with Crippen LogP contribution in [0.25, 0.3) is 11.1 Å². The van der Waals surface area contributed by atoms with Gasteiger partial charge in [-0.1, -0.05) is 30.3 Å². The van der Waals surface area contributed by atoms with Gasteiger partial charge in [-0.05, 0) is 24.6 Å². The largest absolute Gasteiger partial charge is 0.462 e. The summed E-state index contributed by atoms with van der Waals surface area (Å²) in [5, 5.41) is 4.16. The van der Waals surface area contributed by atoms with Gasteiger partial charge in [0, 0.05) is 10.9 Å². The van der Waals surface area contributed by atoms with Crippen LogP contribution < -0.4 is 5.32 Å². The summed E-state index contributed by atoms with van der Waals surface area (Å²) >= 11 is 1.04. The number of anilines is 1. The van der Waals surface area contributed by atoms with Gasteiger partial charge in [0.2, 0.25) is 0 Å². The Morgan fingerprint density at radius 3 is 2.43 bits per heavy atom. The molecule has 1 amide bonds. The van der Waals surface area contributed by atoms with E-state index in [-0.39, 0.29) is 17.2 Å². The molecule has 0 aliphatic heterocycles. The summed E-state index contributed by atoms with van der Waals surface area (Å²) < 4.78 is 45.5. The smallest absolute Gasteiger partial charge is 0.341 e. The monoisotopic (exact) mass is 405 g/mol. The zero-order valence-electron chi connectivity index (χ0n) is 14.6. The summed E-state index contributed by atoms with van der Waals surface area (Å²) in [4.78, 5) is 24.8. The van der Waals surface area contributed by atoms with Gasteiger partial charge in [0.25, 0.3) is 5.91 Å². The molecule has 144 valence electrons. The van der Waals surface area contributed by atoms with E-state index in [1.165, 1.54) is 0 Å². The van der Waals surface area contributed by atoms with Crippen LogP contribution in [0.5, 0.6) is 0 Å². The van der Waals surface area contributed by atoms with E-state index in [9.17, 15) is 22.8 Å². The van der Waals surface area contributed by atoms with Crippen molar-refractivity contribution in [2.45, 2.75) is 6.92 Å². The molecule has 0 bridgehead atoms. The first-order chi connectivity index (χ1) is 13.4. The molecule has 0 atom stereocenters. The van der Waals surface area contributed by atoms with Crippen LogP contribution in [0, 0.1) is 17.5 Å². The summed E-state index contributed by atoms with van der Waals surface area (Å²) in [7, 11) is 0. The Balaban J connectivity index is 2.00. The molecule has 0 fully saturated rings. The Morgan fingerprint density at radius 1 is 1.04 bits per heavy atom. The van der Waals surface area contributed by atoms with Crippen molar-refractivity contribution in [2.75, 3.05) is 11.9 Å². The Labute approximate surface area is 162 Å². The van der Waals surface area contributed by atoms with Crippen LogP contribution in [0.2, 0.25) is 0 Å². The zero-order valence-corrected chi connectivity index (χ0v) is 15.4. The quantitative estimate of drug-likeness (QED) is 0.465. The van der Waals surface area contributed by atoms with Gasteiger partial charge in [-0.25, -0.2) is 18.0 Å². The van der Waals surface area contributed by atoms with Crippen LogP contribution >= 0.6 is 11.3 Å². The maximum Gasteiger partial charge on any atom is 0.341 e. The predicted octanol–water partition coefficient (Wildman–Crippen LogP) is 5.26. The first-order valence-electron chi connectivity index (χ1n) is 8.22. The predicted molar refractivity (Wildman–Crippen MR) is 100.0 cm³/mol. The Bertz CT molecular complexity index is 1030. The lowest BCUT2D eigenvalue weighted by Crippen LogP contribution is -2.17. The molecule has 3 aromatic rings. The molecule has 3 rings (SSSR count). The summed E-state index contributed by atoms with van der Waals surface area (Å²) in [6.07, 6.45) is 0. The molecule has 1 N–H and O–H groups in total. The molecule has 1 heterocycles. The van der Waals surface area contributed by atoms with Crippen molar-refractivity contribution in [1.82, 2.24) is 0 Å². The fourth-order valence-corrected chi connectivity index (χ4v) is 3.51. The van der Waals surface area contributed by atoms with Crippen molar-refractivity contribution < 1.29 is 27.5 Å². The van der Waals surface area contributed by atoms with Crippen molar-refractivity contribution in [2.24, 2.45) is 0 Å². The third-order valence-corrected chi connectivity index (χ3v) is 4.76. The molecule has 1 aromatic heterocycles. The summed E-state index contributed by atoms with van der Waals surface area (Å²) in [5.74, 6) is -6.42. The SMILES string of the molecule is CCOC(=O)c1c(-c2ccccc2)csc1NC(=O)c1ccc(F)c(F)c1F. The maximum atomic E-state index is 13.9. The van der Waals surface area contributed by atoms with Gasteiger partial charge in [0.15, 0.2) is 17.5 Å². The molecule has 0 aliphatic rings. The molecule has 0 saturated heterocycles. The van der Waals surface area contributed by atoms with Crippen molar-refractivity contribution in [1.29, 1.82) is 0 Å². The normalized spacial score (nSPS) is 10.6. The molecule has 0 saturated carbocycles. The molecule has 2 aromatic carbocycles. The lowest BCUT2D eigenvalue weighted by Gasteiger charge is -2.09. The molecule has 0 aliphatic carbocycles. The van der Waals surface area contributed by atoms with Gasteiger partial charge < -0.3 is 10.1 Å². The lowest BCUT2D eigenvalue weighted by atomic mass is 10.0. The van der Waals surface area contributed by atoms with Crippen molar-refractivity contribution >= 4 is 28.2 Å². The number of hydrogen-bond donors (Lipinski definition) is 1. The van der Waals surface area contributed by atoms with Gasteiger partial charge in [-0.2, -0.15) is 0 Å². The first kappa shape index (κ1) is 19.6. The highest BCUT2D eigenvalue weighted by atomic mass is 32.1. The van der Waals surface area contributed by atoms with Crippen molar-refractivity contribution in [3.05, 3.63) is 76.4 Å². The molecule has 4 nitrogen and oxygen atoms in total. The first-order valence-corrected chi connectivity index (χ1v) is 9.10. The number of rotatable bonds is 5. The second kappa shape index (κ2) is 8.26. The van der Waals surface area contributed by atoms with Gasteiger partial charge in [0.1, 0.15) is 10.6 Å². The number of esters is 1. The summed E-state index contributed by atoms with van der Waals surface area (Å²) in [5.41, 5.74) is 0.684. The number of carbonyl (C=O) groups is 2. The standard InChI is InChI=1S/C20H14F3NO3S/c1-2-27-20(26)15-13(11-6-4-3-5-7-11)10-28-19(15)24-18(25)12-8-9-14(21)17(23)16(12)22/h3-10H,2H2,1H3,(H,24,25). The number of halogens is 3. The fraction of sp³-hybridized carbons (Fsp3) is 0.100. The highest BCUT2D eigenvalue weighted by Crippen LogP contribution is 2.36. The average Bonchev–Trinajstić information content (AvgIpc) is 3.10. The van der Waals surface area contributed by atoms with E-state index < -0.39 is 34.9 Å². The van der Waals surface area contributed by atoms with E-state index in [1.54, 1.807) is 36.6 Å². The van der Waals surface area contributed by atoms with E-state index in [0.717, 1.165) is 23.0 Å². The third-order valence-electron chi connectivity index (χ3n) is 3.86. The number of ether oxygens (including phenoxy) is 1. The molecule has 0 radical (unpaired) electrons. The minimum atomic E-state index is -1.74. The van der Waals surface area contributed by atoms with Gasteiger partial charge >= 0.3 is 5.97 Å². The van der Waals surface area contributed by atoms with E-state index in [2.05, 4.69) is 5.32 Å². The number of thiophene rings is 1. The van der Waals surface area contributed by atoms with Gasteiger partial charge in [-0.3, -0.25) is 4.79 Å². The number of amides is 1. The Kier molecular flexibility index (Phi) is 5.79. The van der Waals surface area contributed by atoms with Crippen LogP contribution in [0.3, 0.4) is 0 Å². The summed E-state index contributed by atoms with van der Waals surface area (Å²) in [6.45, 7) is 1.76. The molecular formula is C20H14F3NO3S. The Hall–Kier alpha value is -3.13. The van der Waals surface area contributed by atoms with Crippen molar-refractivity contribution in [3.8, 4) is 11.1 Å². The topological polar surface area (TPSA) is 55.4 Å². The van der Waals surface area contributed by atoms with Crippen LogP contribution in [0.4, 0.5) is 18.2 Å². The highest BCUT2D eigenvalue weighted by Gasteiger charge is 2.25. The van der Waals surface area contributed by atoms with Crippen LogP contribution in [0.1, 0.15) is 27.6 Å². The lowest BCUT2D eigenvalue weighted by molar-refractivity contribution is 0.0529. The fourth-order valence-electron chi connectivity index (χ4n) is 2.56. The van der Waals surface area contributed by atoms with E-state index in [4.69, 9.17) is 4.74 Å². The second-order valence-electron chi connectivity index (χ2n) is 5.62. The maximum absolute atomic E-state index is 13.9. The number of carbonyl (C=O) groups excluding carboxylic acids is 2. The van der Waals surface area contributed by atoms with Gasteiger partial charge in [0.05, 0.1) is 12.2 Å². The summed E-state index contributed by atoms with van der Waals surface area (Å²) in [6, 6.07) is 10.4. The molecular weight excluding hydrogens is 391 g/mol. The van der Waals surface area contributed by atoms with E-state index in [1.807, 2.05) is 6.07 Å². The third kappa shape index (κ3) is 3.77. The van der Waals surface area contributed by atoms with Crippen LogP contribution in [-0.2, 0) is 4.74 Å². The number of hydrogen-bond acceptors (Lipinski definition) is 4. The highest BCUT2D eigenvalue weighted by molar-refractivity contribution is 7.15. The minimum Gasteiger partial charge on any atom is -0.462 e. The zero-order chi connectivity index (χ0) is 20.3. The van der Waals surface area contributed by atoms with E-state index >= 15 is 0 Å². The minimum absolute atomic E-state index is 0.106. The van der Waals surface area contributed by atoms with Gasteiger partial charge in [-0.15, -0.1) is 11.3 Å². The second-order valence-corrected chi connectivity index (χ2v) is 6.50. The molecule has 0 unspecified atom stereocenters. The number of nitrogens with one attached hydrogen (secondary N) is 1. The Morgan fingerprint density at radius 2 is 1.75 bits per heavy atom. The number of benzene rings is 2. The molecule has 8 heteroatoms.